The first-order valence-corrected chi connectivity index (χ1v) is 8.34. The molecular formula is C13H20BrNO2S. The van der Waals surface area contributed by atoms with Gasteiger partial charge in [-0.3, -0.25) is 0 Å². The average Bonchev–Trinajstić information content (AvgIpc) is 2.28. The fourth-order valence-corrected chi connectivity index (χ4v) is 4.07. The van der Waals surface area contributed by atoms with Crippen LogP contribution in [0.15, 0.2) is 27.6 Å². The number of nitrogens with one attached hydrogen (secondary N) is 1. The molecule has 0 aliphatic rings. The van der Waals surface area contributed by atoms with E-state index < -0.39 is 10.0 Å². The highest BCUT2D eigenvalue weighted by Gasteiger charge is 2.22. The lowest BCUT2D eigenvalue weighted by Gasteiger charge is -2.21. The van der Waals surface area contributed by atoms with E-state index in [1.165, 1.54) is 0 Å². The van der Waals surface area contributed by atoms with Gasteiger partial charge in [-0.1, -0.05) is 42.8 Å². The number of hydrogen-bond acceptors (Lipinski definition) is 2. The molecule has 1 rings (SSSR count). The Kier molecular flexibility index (Phi) is 5.37. The first kappa shape index (κ1) is 15.7. The minimum absolute atomic E-state index is 0.0339. The summed E-state index contributed by atoms with van der Waals surface area (Å²) in [6.07, 6.45) is 0.782. The summed E-state index contributed by atoms with van der Waals surface area (Å²) < 4.78 is 28.2. The Labute approximate surface area is 118 Å². The van der Waals surface area contributed by atoms with Gasteiger partial charge in [0, 0.05) is 10.5 Å². The third-order valence-electron chi connectivity index (χ3n) is 2.99. The lowest BCUT2D eigenvalue weighted by Crippen LogP contribution is -2.38. The van der Waals surface area contributed by atoms with Crippen LogP contribution < -0.4 is 4.72 Å². The van der Waals surface area contributed by atoms with Crippen LogP contribution in [0, 0.1) is 12.8 Å². The first-order chi connectivity index (χ1) is 8.27. The Morgan fingerprint density at radius 2 is 1.94 bits per heavy atom. The number of sulfonamides is 1. The molecule has 0 spiro atoms. The van der Waals surface area contributed by atoms with E-state index in [4.69, 9.17) is 0 Å². The molecule has 0 radical (unpaired) electrons. The Balaban J connectivity index is 3.10. The molecule has 1 unspecified atom stereocenters. The van der Waals surface area contributed by atoms with Crippen molar-refractivity contribution in [3.63, 3.8) is 0 Å². The predicted octanol–water partition coefficient (Wildman–Crippen LogP) is 3.47. The molecule has 5 heteroatoms. The third-order valence-corrected chi connectivity index (χ3v) is 5.12. The zero-order valence-electron chi connectivity index (χ0n) is 11.2. The van der Waals surface area contributed by atoms with Gasteiger partial charge in [-0.2, -0.15) is 0 Å². The summed E-state index contributed by atoms with van der Waals surface area (Å²) in [6, 6.07) is 5.25. The molecule has 1 N–H and O–H groups in total. The summed E-state index contributed by atoms with van der Waals surface area (Å²) in [5.41, 5.74) is 0.754. The van der Waals surface area contributed by atoms with Gasteiger partial charge < -0.3 is 0 Å². The maximum Gasteiger partial charge on any atom is 0.241 e. The zero-order valence-corrected chi connectivity index (χ0v) is 13.6. The van der Waals surface area contributed by atoms with Gasteiger partial charge in [-0.25, -0.2) is 13.1 Å². The topological polar surface area (TPSA) is 46.2 Å². The molecule has 102 valence electrons. The van der Waals surface area contributed by atoms with E-state index in [1.807, 2.05) is 26.8 Å². The molecule has 1 aromatic rings. The van der Waals surface area contributed by atoms with E-state index in [0.29, 0.717) is 4.90 Å². The minimum Gasteiger partial charge on any atom is -0.208 e. The van der Waals surface area contributed by atoms with Crippen molar-refractivity contribution < 1.29 is 8.42 Å². The van der Waals surface area contributed by atoms with Gasteiger partial charge in [-0.15, -0.1) is 0 Å². The fourth-order valence-electron chi connectivity index (χ4n) is 1.82. The van der Waals surface area contributed by atoms with Crippen LogP contribution in [0.4, 0.5) is 0 Å². The zero-order chi connectivity index (χ0) is 13.9. The second kappa shape index (κ2) is 6.17. The molecule has 1 atom stereocenters. The molecule has 0 fully saturated rings. The van der Waals surface area contributed by atoms with Crippen molar-refractivity contribution >= 4 is 26.0 Å². The second-order valence-electron chi connectivity index (χ2n) is 4.79. The average molecular weight is 334 g/mol. The molecule has 0 aliphatic carbocycles. The highest BCUT2D eigenvalue weighted by Crippen LogP contribution is 2.21. The number of aryl methyl sites for hydroxylation is 1. The molecule has 3 nitrogen and oxygen atoms in total. The van der Waals surface area contributed by atoms with Gasteiger partial charge in [0.25, 0.3) is 0 Å². The summed E-state index contributed by atoms with van der Waals surface area (Å²) in [7, 11) is -3.45. The molecule has 0 amide bonds. The second-order valence-corrected chi connectivity index (χ2v) is 7.39. The summed E-state index contributed by atoms with van der Waals surface area (Å²) in [5, 5.41) is 0. The molecule has 18 heavy (non-hydrogen) atoms. The monoisotopic (exact) mass is 333 g/mol. The van der Waals surface area contributed by atoms with Gasteiger partial charge in [0.2, 0.25) is 10.0 Å². The minimum atomic E-state index is -3.45. The van der Waals surface area contributed by atoms with Crippen LogP contribution in [0.25, 0.3) is 0 Å². The van der Waals surface area contributed by atoms with E-state index in [2.05, 4.69) is 20.7 Å². The highest BCUT2D eigenvalue weighted by molar-refractivity contribution is 9.10. The van der Waals surface area contributed by atoms with Crippen LogP contribution in [0.3, 0.4) is 0 Å². The quantitative estimate of drug-likeness (QED) is 0.896. The molecule has 1 aromatic carbocycles. The number of halogens is 1. The van der Waals surface area contributed by atoms with Crippen LogP contribution in [-0.4, -0.2) is 14.5 Å². The van der Waals surface area contributed by atoms with Crippen LogP contribution in [0.1, 0.15) is 32.8 Å². The van der Waals surface area contributed by atoms with Gasteiger partial charge >= 0.3 is 0 Å². The summed E-state index contributed by atoms with van der Waals surface area (Å²) >= 11 is 3.31. The van der Waals surface area contributed by atoms with Crippen LogP contribution >= 0.6 is 15.9 Å². The van der Waals surface area contributed by atoms with Crippen molar-refractivity contribution in [2.45, 2.75) is 45.1 Å². The van der Waals surface area contributed by atoms with Crippen molar-refractivity contribution in [1.82, 2.24) is 4.72 Å². The Morgan fingerprint density at radius 3 is 2.44 bits per heavy atom. The van der Waals surface area contributed by atoms with Gasteiger partial charge in [0.05, 0.1) is 4.90 Å². The summed E-state index contributed by atoms with van der Waals surface area (Å²) in [5.74, 6) is 0.275. The maximum absolute atomic E-state index is 12.3. The highest BCUT2D eigenvalue weighted by atomic mass is 79.9. The summed E-state index contributed by atoms with van der Waals surface area (Å²) in [6.45, 7) is 7.83. The van der Waals surface area contributed by atoms with E-state index >= 15 is 0 Å². The van der Waals surface area contributed by atoms with E-state index in [-0.39, 0.29) is 12.0 Å². The normalized spacial score (nSPS) is 13.9. The van der Waals surface area contributed by atoms with Crippen LogP contribution in [-0.2, 0) is 10.0 Å². The SMILES string of the molecule is CCC(NS(=O)(=O)c1cc(Br)ccc1C)C(C)C. The van der Waals surface area contributed by atoms with Crippen LogP contribution in [0.5, 0.6) is 0 Å². The molecule has 0 saturated carbocycles. The van der Waals surface area contributed by atoms with Crippen molar-refractivity contribution in [3.8, 4) is 0 Å². The van der Waals surface area contributed by atoms with E-state index in [1.54, 1.807) is 19.1 Å². The Bertz CT molecular complexity index is 512. The van der Waals surface area contributed by atoms with Crippen LogP contribution in [0.2, 0.25) is 0 Å². The van der Waals surface area contributed by atoms with Crippen molar-refractivity contribution in [2.75, 3.05) is 0 Å². The van der Waals surface area contributed by atoms with E-state index in [9.17, 15) is 8.42 Å². The lowest BCUT2D eigenvalue weighted by atomic mass is 10.0. The third kappa shape index (κ3) is 3.80. The predicted molar refractivity (Wildman–Crippen MR) is 78.1 cm³/mol. The van der Waals surface area contributed by atoms with E-state index in [0.717, 1.165) is 16.5 Å². The maximum atomic E-state index is 12.3. The van der Waals surface area contributed by atoms with Crippen molar-refractivity contribution in [2.24, 2.45) is 5.92 Å². The van der Waals surface area contributed by atoms with Gasteiger partial charge in [0.15, 0.2) is 0 Å². The largest absolute Gasteiger partial charge is 0.241 e. The van der Waals surface area contributed by atoms with Crippen molar-refractivity contribution in [3.05, 3.63) is 28.2 Å². The van der Waals surface area contributed by atoms with Gasteiger partial charge in [-0.05, 0) is 37.0 Å². The molecule has 0 saturated heterocycles. The molecule has 0 aromatic heterocycles. The number of hydrogen-bond donors (Lipinski definition) is 1. The molecule has 0 aliphatic heterocycles. The lowest BCUT2D eigenvalue weighted by molar-refractivity contribution is 0.437. The molecule has 0 heterocycles. The van der Waals surface area contributed by atoms with Gasteiger partial charge in [0.1, 0.15) is 0 Å². The Hall–Kier alpha value is -0.390. The fraction of sp³-hybridized carbons (Fsp3) is 0.538. The molecule has 0 bridgehead atoms. The Morgan fingerprint density at radius 1 is 1.33 bits per heavy atom. The molecular weight excluding hydrogens is 314 g/mol. The van der Waals surface area contributed by atoms with Crippen molar-refractivity contribution in [1.29, 1.82) is 0 Å². The smallest absolute Gasteiger partial charge is 0.208 e. The standard InChI is InChI=1S/C13H20BrNO2S/c1-5-12(9(2)3)15-18(16,17)13-8-11(14)7-6-10(13)4/h6-9,12,15H,5H2,1-4H3. The number of rotatable bonds is 5. The first-order valence-electron chi connectivity index (χ1n) is 6.06. The summed E-state index contributed by atoms with van der Waals surface area (Å²) in [4.78, 5) is 0.343. The number of benzene rings is 1.